The summed E-state index contributed by atoms with van der Waals surface area (Å²) in [5.74, 6) is 0.302. The highest BCUT2D eigenvalue weighted by atomic mass is 19.1. The van der Waals surface area contributed by atoms with Crippen molar-refractivity contribution in [3.8, 4) is 0 Å². The van der Waals surface area contributed by atoms with Crippen LogP contribution in [0.15, 0.2) is 24.3 Å². The fourth-order valence-corrected chi connectivity index (χ4v) is 3.62. The van der Waals surface area contributed by atoms with E-state index in [9.17, 15) is 9.18 Å². The van der Waals surface area contributed by atoms with E-state index in [1.807, 2.05) is 12.1 Å². The Kier molecular flexibility index (Phi) is 5.08. The van der Waals surface area contributed by atoms with Crippen LogP contribution >= 0.6 is 0 Å². The summed E-state index contributed by atoms with van der Waals surface area (Å²) < 4.78 is 13.0. The largest absolute Gasteiger partial charge is 0.342 e. The Morgan fingerprint density at radius 3 is 2.50 bits per heavy atom. The number of halogens is 1. The van der Waals surface area contributed by atoms with E-state index in [2.05, 4.69) is 9.80 Å². The second-order valence-corrected chi connectivity index (χ2v) is 6.59. The predicted molar refractivity (Wildman–Crippen MR) is 84.8 cm³/mol. The molecule has 2 heterocycles. The predicted octanol–water partition coefficient (Wildman–Crippen LogP) is 3.05. The molecule has 2 aliphatic heterocycles. The van der Waals surface area contributed by atoms with Gasteiger partial charge in [0.15, 0.2) is 0 Å². The molecule has 0 aliphatic carbocycles. The smallest absolute Gasteiger partial charge is 0.226 e. The topological polar surface area (TPSA) is 23.6 Å². The van der Waals surface area contributed by atoms with E-state index < -0.39 is 0 Å². The highest BCUT2D eigenvalue weighted by molar-refractivity contribution is 5.79. The first-order valence-electron chi connectivity index (χ1n) is 8.48. The van der Waals surface area contributed by atoms with Gasteiger partial charge in [-0.15, -0.1) is 0 Å². The molecule has 22 heavy (non-hydrogen) atoms. The fraction of sp³-hybridized carbons (Fsp3) is 0.611. The van der Waals surface area contributed by atoms with Crippen LogP contribution in [0.3, 0.4) is 0 Å². The van der Waals surface area contributed by atoms with Gasteiger partial charge in [0.25, 0.3) is 0 Å². The van der Waals surface area contributed by atoms with Crippen LogP contribution in [0.25, 0.3) is 0 Å². The molecule has 120 valence electrons. The lowest BCUT2D eigenvalue weighted by Crippen LogP contribution is -2.46. The average molecular weight is 304 g/mol. The molecule has 1 atom stereocenters. The number of piperidine rings is 2. The first-order chi connectivity index (χ1) is 10.7. The third-order valence-corrected chi connectivity index (χ3v) is 4.84. The maximum Gasteiger partial charge on any atom is 0.226 e. The van der Waals surface area contributed by atoms with Crippen LogP contribution in [0, 0.1) is 11.7 Å². The third-order valence-electron chi connectivity index (χ3n) is 4.84. The van der Waals surface area contributed by atoms with Gasteiger partial charge < -0.3 is 4.90 Å². The molecule has 0 aromatic heterocycles. The highest BCUT2D eigenvalue weighted by Crippen LogP contribution is 2.22. The van der Waals surface area contributed by atoms with Gasteiger partial charge in [0, 0.05) is 26.2 Å². The Morgan fingerprint density at radius 1 is 1.05 bits per heavy atom. The normalized spacial score (nSPS) is 23.5. The number of carbonyl (C=O) groups excluding carboxylic acids is 1. The van der Waals surface area contributed by atoms with Gasteiger partial charge >= 0.3 is 0 Å². The summed E-state index contributed by atoms with van der Waals surface area (Å²) >= 11 is 0. The Bertz CT molecular complexity index is 496. The number of hydrogen-bond donors (Lipinski definition) is 0. The van der Waals surface area contributed by atoms with Crippen molar-refractivity contribution in [3.63, 3.8) is 0 Å². The van der Waals surface area contributed by atoms with Crippen LogP contribution < -0.4 is 0 Å². The van der Waals surface area contributed by atoms with Crippen LogP contribution in [0.2, 0.25) is 0 Å². The molecule has 2 fully saturated rings. The molecule has 1 amide bonds. The van der Waals surface area contributed by atoms with Crippen LogP contribution in [-0.2, 0) is 11.3 Å². The van der Waals surface area contributed by atoms with Crippen molar-refractivity contribution in [3.05, 3.63) is 35.6 Å². The number of nitrogens with zero attached hydrogens (tertiary/aromatic N) is 2. The van der Waals surface area contributed by atoms with Crippen LogP contribution in [0.1, 0.15) is 37.7 Å². The second kappa shape index (κ2) is 7.23. The molecule has 1 aromatic rings. The standard InChI is InChI=1S/C18H25FN2O/c19-17-8-6-15(7-9-17)13-20-10-4-5-16(14-20)18(22)21-11-2-1-3-12-21/h6-9,16H,1-5,10-14H2/t16-/m0/s1. The van der Waals surface area contributed by atoms with Gasteiger partial charge in [0.2, 0.25) is 5.91 Å². The fourth-order valence-electron chi connectivity index (χ4n) is 3.62. The lowest BCUT2D eigenvalue weighted by atomic mass is 9.95. The van der Waals surface area contributed by atoms with Crippen molar-refractivity contribution >= 4 is 5.91 Å². The minimum absolute atomic E-state index is 0.146. The second-order valence-electron chi connectivity index (χ2n) is 6.59. The molecule has 2 saturated heterocycles. The number of hydrogen-bond acceptors (Lipinski definition) is 2. The molecule has 0 unspecified atom stereocenters. The van der Waals surface area contributed by atoms with Gasteiger partial charge in [0.1, 0.15) is 5.82 Å². The lowest BCUT2D eigenvalue weighted by Gasteiger charge is -2.36. The summed E-state index contributed by atoms with van der Waals surface area (Å²) in [6.45, 7) is 4.55. The molecule has 0 spiro atoms. The molecule has 2 aliphatic rings. The molecule has 4 heteroatoms. The molecule has 3 rings (SSSR count). The van der Waals surface area contributed by atoms with E-state index in [4.69, 9.17) is 0 Å². The summed E-state index contributed by atoms with van der Waals surface area (Å²) in [6.07, 6.45) is 5.64. The SMILES string of the molecule is O=C([C@H]1CCCN(Cc2ccc(F)cc2)C1)N1CCCCC1. The minimum atomic E-state index is -0.194. The van der Waals surface area contributed by atoms with Gasteiger partial charge in [-0.1, -0.05) is 12.1 Å². The molecular weight excluding hydrogens is 279 g/mol. The van der Waals surface area contributed by atoms with Crippen LogP contribution in [0.4, 0.5) is 4.39 Å². The van der Waals surface area contributed by atoms with Gasteiger partial charge in [-0.3, -0.25) is 9.69 Å². The van der Waals surface area contributed by atoms with E-state index in [-0.39, 0.29) is 11.7 Å². The number of amides is 1. The summed E-state index contributed by atoms with van der Waals surface area (Å²) in [4.78, 5) is 17.0. The molecule has 3 nitrogen and oxygen atoms in total. The monoisotopic (exact) mass is 304 g/mol. The van der Waals surface area contributed by atoms with E-state index in [0.717, 1.165) is 64.0 Å². The molecule has 0 N–H and O–H groups in total. The van der Waals surface area contributed by atoms with E-state index in [1.54, 1.807) is 0 Å². The third kappa shape index (κ3) is 3.86. The van der Waals surface area contributed by atoms with E-state index in [0.29, 0.717) is 5.91 Å². The lowest BCUT2D eigenvalue weighted by molar-refractivity contribution is -0.138. The maximum absolute atomic E-state index is 13.0. The zero-order chi connectivity index (χ0) is 15.4. The summed E-state index contributed by atoms with van der Waals surface area (Å²) in [5, 5.41) is 0. The number of benzene rings is 1. The van der Waals surface area contributed by atoms with Crippen molar-refractivity contribution in [2.24, 2.45) is 5.92 Å². The van der Waals surface area contributed by atoms with Gasteiger partial charge in [0.05, 0.1) is 5.92 Å². The molecule has 1 aromatic carbocycles. The quantitative estimate of drug-likeness (QED) is 0.857. The van der Waals surface area contributed by atoms with Crippen molar-refractivity contribution in [2.75, 3.05) is 26.2 Å². The number of carbonyl (C=O) groups is 1. The summed E-state index contributed by atoms with van der Waals surface area (Å²) in [7, 11) is 0. The zero-order valence-electron chi connectivity index (χ0n) is 13.1. The summed E-state index contributed by atoms with van der Waals surface area (Å²) in [6, 6.07) is 6.70. The van der Waals surface area contributed by atoms with E-state index in [1.165, 1.54) is 18.6 Å². The molecular formula is C18H25FN2O. The number of likely N-dealkylation sites (tertiary alicyclic amines) is 2. The summed E-state index contributed by atoms with van der Waals surface area (Å²) in [5.41, 5.74) is 1.12. The van der Waals surface area contributed by atoms with Gasteiger partial charge in [-0.25, -0.2) is 4.39 Å². The molecule has 0 radical (unpaired) electrons. The van der Waals surface area contributed by atoms with Crippen LogP contribution in [0.5, 0.6) is 0 Å². The zero-order valence-corrected chi connectivity index (χ0v) is 13.1. The van der Waals surface area contributed by atoms with Gasteiger partial charge in [-0.05, 0) is 56.3 Å². The van der Waals surface area contributed by atoms with Crippen molar-refractivity contribution in [2.45, 2.75) is 38.6 Å². The average Bonchev–Trinajstić information content (AvgIpc) is 2.57. The molecule has 0 saturated carbocycles. The maximum atomic E-state index is 13.0. The van der Waals surface area contributed by atoms with Crippen molar-refractivity contribution in [1.29, 1.82) is 0 Å². The first kappa shape index (κ1) is 15.5. The Balaban J connectivity index is 1.56. The first-order valence-corrected chi connectivity index (χ1v) is 8.48. The minimum Gasteiger partial charge on any atom is -0.342 e. The van der Waals surface area contributed by atoms with E-state index >= 15 is 0 Å². The van der Waals surface area contributed by atoms with Crippen LogP contribution in [-0.4, -0.2) is 41.9 Å². The Hall–Kier alpha value is -1.42. The Labute approximate surface area is 132 Å². The van der Waals surface area contributed by atoms with Crippen molar-refractivity contribution in [1.82, 2.24) is 9.80 Å². The van der Waals surface area contributed by atoms with Crippen molar-refractivity contribution < 1.29 is 9.18 Å². The Morgan fingerprint density at radius 2 is 1.77 bits per heavy atom. The molecule has 0 bridgehead atoms. The number of rotatable bonds is 3. The van der Waals surface area contributed by atoms with Gasteiger partial charge in [-0.2, -0.15) is 0 Å². The highest BCUT2D eigenvalue weighted by Gasteiger charge is 2.29.